The van der Waals surface area contributed by atoms with Crippen molar-refractivity contribution < 1.29 is 13.5 Å². The van der Waals surface area contributed by atoms with Crippen molar-refractivity contribution >= 4 is 0 Å². The van der Waals surface area contributed by atoms with Gasteiger partial charge in [-0.2, -0.15) is 0 Å². The molecule has 4 heteroatoms. The summed E-state index contributed by atoms with van der Waals surface area (Å²) in [6.07, 6.45) is 0.745. The minimum Gasteiger partial charge on any atom is -0.496 e. The second-order valence-corrected chi connectivity index (χ2v) is 4.29. The molecule has 0 bridgehead atoms. The predicted molar refractivity (Wildman–Crippen MR) is 64.6 cm³/mol. The lowest BCUT2D eigenvalue weighted by atomic mass is 9.93. The molecular weight excluding hydrogens is 224 g/mol. The summed E-state index contributed by atoms with van der Waals surface area (Å²) in [5.41, 5.74) is 6.21. The van der Waals surface area contributed by atoms with Crippen molar-refractivity contribution in [2.24, 2.45) is 5.73 Å². The molecule has 96 valence electrons. The van der Waals surface area contributed by atoms with Gasteiger partial charge in [0.05, 0.1) is 12.7 Å². The van der Waals surface area contributed by atoms with Gasteiger partial charge in [0.2, 0.25) is 0 Å². The first-order valence-corrected chi connectivity index (χ1v) is 5.67. The lowest BCUT2D eigenvalue weighted by Crippen LogP contribution is -2.12. The number of nitrogens with two attached hydrogens (primary N) is 1. The van der Waals surface area contributed by atoms with E-state index in [1.54, 1.807) is 6.07 Å². The Hall–Kier alpha value is -1.16. The van der Waals surface area contributed by atoms with Gasteiger partial charge in [-0.25, -0.2) is 8.78 Å². The van der Waals surface area contributed by atoms with Crippen LogP contribution in [0.15, 0.2) is 18.2 Å². The first-order chi connectivity index (χ1) is 7.91. The Bertz CT molecular complexity index is 374. The molecule has 1 aromatic rings. The summed E-state index contributed by atoms with van der Waals surface area (Å²) in [4.78, 5) is 0. The Morgan fingerprint density at radius 3 is 2.53 bits per heavy atom. The molecular formula is C13H19F2NO. The maximum Gasteiger partial charge on any atom is 0.274 e. The van der Waals surface area contributed by atoms with E-state index in [9.17, 15) is 8.78 Å². The highest BCUT2D eigenvalue weighted by Crippen LogP contribution is 2.39. The average Bonchev–Trinajstić information content (AvgIpc) is 2.27. The standard InChI is InChI=1S/C13H19F2NO/c1-9(7-8-16)10-5-4-6-11(12(10)17-3)13(2,14)15/h4-6,9H,7-8,16H2,1-3H3. The normalized spacial score (nSPS) is 13.5. The molecule has 0 aliphatic carbocycles. The number of alkyl halides is 2. The average molecular weight is 243 g/mol. The van der Waals surface area contributed by atoms with Crippen LogP contribution in [0.25, 0.3) is 0 Å². The molecule has 1 unspecified atom stereocenters. The topological polar surface area (TPSA) is 35.2 Å². The zero-order valence-electron chi connectivity index (χ0n) is 10.5. The van der Waals surface area contributed by atoms with Crippen LogP contribution in [0.2, 0.25) is 0 Å². The van der Waals surface area contributed by atoms with Crippen LogP contribution in [0.3, 0.4) is 0 Å². The fourth-order valence-corrected chi connectivity index (χ4v) is 1.92. The van der Waals surface area contributed by atoms with Crippen molar-refractivity contribution in [1.29, 1.82) is 0 Å². The highest BCUT2D eigenvalue weighted by Gasteiger charge is 2.30. The molecule has 0 fully saturated rings. The summed E-state index contributed by atoms with van der Waals surface area (Å²) in [5.74, 6) is -2.51. The van der Waals surface area contributed by atoms with E-state index in [2.05, 4.69) is 0 Å². The smallest absolute Gasteiger partial charge is 0.274 e. The predicted octanol–water partition coefficient (Wildman–Crippen LogP) is 3.26. The van der Waals surface area contributed by atoms with Crippen LogP contribution in [-0.4, -0.2) is 13.7 Å². The van der Waals surface area contributed by atoms with Gasteiger partial charge in [-0.05, 0) is 30.5 Å². The summed E-state index contributed by atoms with van der Waals surface area (Å²) in [5, 5.41) is 0. The first kappa shape index (κ1) is 13.9. The number of ether oxygens (including phenoxy) is 1. The second-order valence-electron chi connectivity index (χ2n) is 4.29. The van der Waals surface area contributed by atoms with Gasteiger partial charge in [-0.1, -0.05) is 19.1 Å². The number of halogens is 2. The quantitative estimate of drug-likeness (QED) is 0.861. The van der Waals surface area contributed by atoms with E-state index < -0.39 is 5.92 Å². The molecule has 0 amide bonds. The van der Waals surface area contributed by atoms with Crippen molar-refractivity contribution in [1.82, 2.24) is 0 Å². The van der Waals surface area contributed by atoms with Crippen LogP contribution in [0, 0.1) is 0 Å². The van der Waals surface area contributed by atoms with Gasteiger partial charge >= 0.3 is 0 Å². The van der Waals surface area contributed by atoms with Crippen LogP contribution in [0.4, 0.5) is 8.78 Å². The van der Waals surface area contributed by atoms with Crippen molar-refractivity contribution in [2.45, 2.75) is 32.1 Å². The Morgan fingerprint density at radius 1 is 1.41 bits per heavy atom. The van der Waals surface area contributed by atoms with Crippen molar-refractivity contribution in [3.05, 3.63) is 29.3 Å². The molecule has 0 saturated heterocycles. The summed E-state index contributed by atoms with van der Waals surface area (Å²) >= 11 is 0. The summed E-state index contributed by atoms with van der Waals surface area (Å²) < 4.78 is 32.0. The van der Waals surface area contributed by atoms with E-state index in [0.29, 0.717) is 6.54 Å². The van der Waals surface area contributed by atoms with Crippen LogP contribution in [-0.2, 0) is 5.92 Å². The Balaban J connectivity index is 3.23. The third-order valence-electron chi connectivity index (χ3n) is 2.85. The second kappa shape index (κ2) is 5.45. The molecule has 0 aromatic heterocycles. The van der Waals surface area contributed by atoms with Crippen LogP contribution in [0.5, 0.6) is 5.75 Å². The Kier molecular flexibility index (Phi) is 4.46. The zero-order chi connectivity index (χ0) is 13.1. The molecule has 1 atom stereocenters. The highest BCUT2D eigenvalue weighted by molar-refractivity contribution is 5.45. The maximum absolute atomic E-state index is 13.4. The van der Waals surface area contributed by atoms with E-state index in [1.807, 2.05) is 13.0 Å². The number of para-hydroxylation sites is 1. The van der Waals surface area contributed by atoms with Crippen LogP contribution in [0.1, 0.15) is 37.3 Å². The summed E-state index contributed by atoms with van der Waals surface area (Å²) in [7, 11) is 1.42. The number of hydrogen-bond donors (Lipinski definition) is 1. The molecule has 0 aliphatic rings. The van der Waals surface area contributed by atoms with Gasteiger partial charge in [0.15, 0.2) is 0 Å². The minimum atomic E-state index is -2.90. The monoisotopic (exact) mass is 243 g/mol. The van der Waals surface area contributed by atoms with Crippen molar-refractivity contribution in [3.63, 3.8) is 0 Å². The molecule has 2 N–H and O–H groups in total. The number of benzene rings is 1. The Labute approximate surface area is 101 Å². The van der Waals surface area contributed by atoms with E-state index in [-0.39, 0.29) is 17.2 Å². The van der Waals surface area contributed by atoms with Crippen LogP contribution >= 0.6 is 0 Å². The van der Waals surface area contributed by atoms with Gasteiger partial charge in [0, 0.05) is 6.92 Å². The largest absolute Gasteiger partial charge is 0.496 e. The highest BCUT2D eigenvalue weighted by atomic mass is 19.3. The maximum atomic E-state index is 13.4. The molecule has 1 aromatic carbocycles. The zero-order valence-corrected chi connectivity index (χ0v) is 10.5. The number of rotatable bonds is 5. The third kappa shape index (κ3) is 3.16. The van der Waals surface area contributed by atoms with Gasteiger partial charge in [-0.15, -0.1) is 0 Å². The van der Waals surface area contributed by atoms with Crippen molar-refractivity contribution in [3.8, 4) is 5.75 Å². The molecule has 0 heterocycles. The fraction of sp³-hybridized carbons (Fsp3) is 0.538. The molecule has 0 saturated carbocycles. The van der Waals surface area contributed by atoms with E-state index >= 15 is 0 Å². The molecule has 1 rings (SSSR count). The van der Waals surface area contributed by atoms with Crippen molar-refractivity contribution in [2.75, 3.05) is 13.7 Å². The van der Waals surface area contributed by atoms with E-state index in [4.69, 9.17) is 10.5 Å². The first-order valence-electron chi connectivity index (χ1n) is 5.67. The lowest BCUT2D eigenvalue weighted by molar-refractivity contribution is 0.0149. The fourth-order valence-electron chi connectivity index (χ4n) is 1.92. The van der Waals surface area contributed by atoms with Gasteiger partial charge < -0.3 is 10.5 Å². The SMILES string of the molecule is COc1c(C(C)CCN)cccc1C(C)(F)F. The minimum absolute atomic E-state index is 0.0682. The van der Waals surface area contributed by atoms with E-state index in [0.717, 1.165) is 18.9 Å². The summed E-state index contributed by atoms with van der Waals surface area (Å²) in [6.45, 7) is 3.36. The van der Waals surface area contributed by atoms with Gasteiger partial charge in [0.25, 0.3) is 5.92 Å². The van der Waals surface area contributed by atoms with Gasteiger partial charge in [-0.3, -0.25) is 0 Å². The molecule has 0 aliphatic heterocycles. The molecule has 0 spiro atoms. The summed E-state index contributed by atoms with van der Waals surface area (Å²) in [6, 6.07) is 4.85. The molecule has 0 radical (unpaired) electrons. The van der Waals surface area contributed by atoms with E-state index in [1.165, 1.54) is 13.2 Å². The molecule has 17 heavy (non-hydrogen) atoms. The molecule has 2 nitrogen and oxygen atoms in total. The lowest BCUT2D eigenvalue weighted by Gasteiger charge is -2.21. The third-order valence-corrected chi connectivity index (χ3v) is 2.85. The van der Waals surface area contributed by atoms with Gasteiger partial charge in [0.1, 0.15) is 5.75 Å². The Morgan fingerprint density at radius 2 is 2.06 bits per heavy atom. The van der Waals surface area contributed by atoms with Crippen LogP contribution < -0.4 is 10.5 Å². The number of methoxy groups -OCH3 is 1. The number of hydrogen-bond acceptors (Lipinski definition) is 2.